The molecule has 0 saturated carbocycles. The lowest BCUT2D eigenvalue weighted by molar-refractivity contribution is -0.137. The van der Waals surface area contributed by atoms with Gasteiger partial charge < -0.3 is 5.11 Å². The number of rotatable bonds is 1. The molecule has 0 atom stereocenters. The van der Waals surface area contributed by atoms with Crippen LogP contribution in [0.3, 0.4) is 0 Å². The quantitative estimate of drug-likeness (QED) is 0.766. The molecule has 1 nitrogen and oxygen atoms in total. The van der Waals surface area contributed by atoms with Crippen molar-refractivity contribution in [1.29, 1.82) is 0 Å². The minimum Gasteiger partial charge on any atom is -0.507 e. The van der Waals surface area contributed by atoms with Crippen LogP contribution in [0.15, 0.2) is 36.4 Å². The summed E-state index contributed by atoms with van der Waals surface area (Å²) >= 11 is 0. The normalized spacial score (nSPS) is 11.6. The van der Waals surface area contributed by atoms with Crippen LogP contribution in [-0.4, -0.2) is 5.11 Å². The number of phenols is 1. The maximum atomic E-state index is 13.0. The third-order valence-corrected chi connectivity index (χ3v) is 2.56. The van der Waals surface area contributed by atoms with Crippen molar-refractivity contribution < 1.29 is 27.1 Å². The maximum Gasteiger partial charge on any atom is 0.416 e. The van der Waals surface area contributed by atoms with Crippen LogP contribution in [0.25, 0.3) is 11.1 Å². The van der Waals surface area contributed by atoms with Gasteiger partial charge in [0.1, 0.15) is 5.75 Å². The topological polar surface area (TPSA) is 20.2 Å². The fourth-order valence-electron chi connectivity index (χ4n) is 1.61. The van der Waals surface area contributed by atoms with Crippen molar-refractivity contribution >= 4 is 0 Å². The van der Waals surface area contributed by atoms with Crippen LogP contribution >= 0.6 is 0 Å². The largest absolute Gasteiger partial charge is 0.507 e. The van der Waals surface area contributed by atoms with Gasteiger partial charge in [0, 0.05) is 11.6 Å². The van der Waals surface area contributed by atoms with E-state index in [1.165, 1.54) is 0 Å². The maximum absolute atomic E-state index is 13.0. The molecule has 0 aliphatic rings. The summed E-state index contributed by atoms with van der Waals surface area (Å²) in [5.74, 6) is -2.96. The molecule has 2 aromatic rings. The van der Waals surface area contributed by atoms with Gasteiger partial charge in [0.05, 0.1) is 5.56 Å². The number of halogens is 5. The molecule has 0 saturated heterocycles. The SMILES string of the molecule is Oc1cc(F)c(F)cc1-c1ccc(C(F)(F)F)cc1. The predicted octanol–water partition coefficient (Wildman–Crippen LogP) is 4.36. The van der Waals surface area contributed by atoms with E-state index >= 15 is 0 Å². The Morgan fingerprint density at radius 2 is 1.37 bits per heavy atom. The monoisotopic (exact) mass is 274 g/mol. The van der Waals surface area contributed by atoms with Gasteiger partial charge in [-0.2, -0.15) is 13.2 Å². The second kappa shape index (κ2) is 4.53. The van der Waals surface area contributed by atoms with E-state index < -0.39 is 29.1 Å². The summed E-state index contributed by atoms with van der Waals surface area (Å²) in [5, 5.41) is 9.47. The second-order valence-electron chi connectivity index (χ2n) is 3.86. The summed E-state index contributed by atoms with van der Waals surface area (Å²) in [7, 11) is 0. The molecule has 2 aromatic carbocycles. The summed E-state index contributed by atoms with van der Waals surface area (Å²) in [6, 6.07) is 5.06. The Balaban J connectivity index is 2.46. The minimum atomic E-state index is -4.48. The zero-order chi connectivity index (χ0) is 14.2. The summed E-state index contributed by atoms with van der Waals surface area (Å²) in [6.07, 6.45) is -4.48. The lowest BCUT2D eigenvalue weighted by Gasteiger charge is -2.09. The number of hydrogen-bond donors (Lipinski definition) is 1. The summed E-state index contributed by atoms with van der Waals surface area (Å²) in [6.45, 7) is 0. The fourth-order valence-corrected chi connectivity index (χ4v) is 1.61. The van der Waals surface area contributed by atoms with Gasteiger partial charge in [0.25, 0.3) is 0 Å². The third-order valence-electron chi connectivity index (χ3n) is 2.56. The smallest absolute Gasteiger partial charge is 0.416 e. The molecule has 0 spiro atoms. The van der Waals surface area contributed by atoms with Crippen molar-refractivity contribution in [2.45, 2.75) is 6.18 Å². The van der Waals surface area contributed by atoms with Crippen molar-refractivity contribution in [2.24, 2.45) is 0 Å². The van der Waals surface area contributed by atoms with E-state index in [1.807, 2.05) is 0 Å². The molecule has 19 heavy (non-hydrogen) atoms. The molecule has 6 heteroatoms. The Hall–Kier alpha value is -2.11. The van der Waals surface area contributed by atoms with Gasteiger partial charge in [-0.05, 0) is 23.8 Å². The Morgan fingerprint density at radius 3 is 1.89 bits per heavy atom. The summed E-state index contributed by atoms with van der Waals surface area (Å²) < 4.78 is 62.9. The first-order valence-corrected chi connectivity index (χ1v) is 5.14. The Morgan fingerprint density at radius 1 is 0.842 bits per heavy atom. The molecule has 0 radical (unpaired) electrons. The molecule has 0 unspecified atom stereocenters. The standard InChI is InChI=1S/C13H7F5O/c14-10-5-9(12(19)6-11(10)15)7-1-3-8(4-2-7)13(16,17)18/h1-6,19H. The number of phenolic OH excluding ortho intramolecular Hbond substituents is 1. The molecule has 0 fully saturated rings. The minimum absolute atomic E-state index is 0.0763. The molecule has 0 amide bonds. The Kier molecular flexibility index (Phi) is 3.18. The van der Waals surface area contributed by atoms with Crippen molar-refractivity contribution in [1.82, 2.24) is 0 Å². The van der Waals surface area contributed by atoms with Crippen molar-refractivity contribution in [3.63, 3.8) is 0 Å². The van der Waals surface area contributed by atoms with Gasteiger partial charge in [-0.3, -0.25) is 0 Å². The molecule has 0 bridgehead atoms. The summed E-state index contributed by atoms with van der Waals surface area (Å²) in [5.41, 5.74) is -0.782. The van der Waals surface area contributed by atoms with Crippen LogP contribution in [-0.2, 0) is 6.18 Å². The Bertz CT molecular complexity index is 602. The van der Waals surface area contributed by atoms with Crippen molar-refractivity contribution in [3.05, 3.63) is 53.6 Å². The average Bonchev–Trinajstić information content (AvgIpc) is 2.33. The molecule has 0 aromatic heterocycles. The zero-order valence-electron chi connectivity index (χ0n) is 9.30. The highest BCUT2D eigenvalue weighted by molar-refractivity contribution is 5.70. The molecular formula is C13H7F5O. The van der Waals surface area contributed by atoms with Gasteiger partial charge >= 0.3 is 6.18 Å². The van der Waals surface area contributed by atoms with Crippen molar-refractivity contribution in [3.8, 4) is 16.9 Å². The first-order chi connectivity index (χ1) is 8.79. The van der Waals surface area contributed by atoms with Crippen LogP contribution in [0.5, 0.6) is 5.75 Å². The zero-order valence-corrected chi connectivity index (χ0v) is 9.30. The lowest BCUT2D eigenvalue weighted by Crippen LogP contribution is -2.04. The Labute approximate surface area is 104 Å². The molecular weight excluding hydrogens is 267 g/mol. The van der Waals surface area contributed by atoms with Gasteiger partial charge in [-0.15, -0.1) is 0 Å². The number of hydrogen-bond acceptors (Lipinski definition) is 1. The molecule has 1 N–H and O–H groups in total. The highest BCUT2D eigenvalue weighted by Gasteiger charge is 2.30. The fraction of sp³-hybridized carbons (Fsp3) is 0.0769. The molecule has 100 valence electrons. The van der Waals surface area contributed by atoms with Crippen LogP contribution in [0.1, 0.15) is 5.56 Å². The van der Waals surface area contributed by atoms with E-state index in [0.29, 0.717) is 6.07 Å². The van der Waals surface area contributed by atoms with E-state index in [2.05, 4.69) is 0 Å². The first-order valence-electron chi connectivity index (χ1n) is 5.14. The highest BCUT2D eigenvalue weighted by Crippen LogP contribution is 2.34. The van der Waals surface area contributed by atoms with Gasteiger partial charge in [-0.1, -0.05) is 12.1 Å². The van der Waals surface area contributed by atoms with Crippen LogP contribution in [0, 0.1) is 11.6 Å². The number of benzene rings is 2. The van der Waals surface area contributed by atoms with Crippen LogP contribution in [0.2, 0.25) is 0 Å². The van der Waals surface area contributed by atoms with E-state index in [1.54, 1.807) is 0 Å². The predicted molar refractivity (Wildman–Crippen MR) is 58.5 cm³/mol. The highest BCUT2D eigenvalue weighted by atomic mass is 19.4. The molecule has 0 aliphatic heterocycles. The van der Waals surface area contributed by atoms with Gasteiger partial charge in [0.15, 0.2) is 11.6 Å². The average molecular weight is 274 g/mol. The summed E-state index contributed by atoms with van der Waals surface area (Å²) in [4.78, 5) is 0. The van der Waals surface area contributed by atoms with E-state index in [-0.39, 0.29) is 11.1 Å². The van der Waals surface area contributed by atoms with Crippen LogP contribution < -0.4 is 0 Å². The lowest BCUT2D eigenvalue weighted by atomic mass is 10.0. The van der Waals surface area contributed by atoms with E-state index in [0.717, 1.165) is 30.3 Å². The van der Waals surface area contributed by atoms with Gasteiger partial charge in [0.2, 0.25) is 0 Å². The molecule has 2 rings (SSSR count). The molecule has 0 heterocycles. The van der Waals surface area contributed by atoms with Crippen LogP contribution in [0.4, 0.5) is 22.0 Å². The number of alkyl halides is 3. The van der Waals surface area contributed by atoms with E-state index in [9.17, 15) is 27.1 Å². The first kappa shape index (κ1) is 13.3. The number of aromatic hydroxyl groups is 1. The molecule has 0 aliphatic carbocycles. The van der Waals surface area contributed by atoms with E-state index in [4.69, 9.17) is 0 Å². The van der Waals surface area contributed by atoms with Gasteiger partial charge in [-0.25, -0.2) is 8.78 Å². The second-order valence-corrected chi connectivity index (χ2v) is 3.86. The van der Waals surface area contributed by atoms with Crippen molar-refractivity contribution in [2.75, 3.05) is 0 Å². The third kappa shape index (κ3) is 2.67.